The second-order valence-corrected chi connectivity index (χ2v) is 9.34. The molecule has 2 aromatic heterocycles. The normalized spacial score (nSPS) is 21.9. The molecule has 0 bridgehead atoms. The zero-order valence-electron chi connectivity index (χ0n) is 18.4. The van der Waals surface area contributed by atoms with E-state index in [4.69, 9.17) is 10.2 Å². The summed E-state index contributed by atoms with van der Waals surface area (Å²) in [5.41, 5.74) is 2.44. The van der Waals surface area contributed by atoms with Crippen molar-refractivity contribution in [2.75, 3.05) is 13.1 Å². The number of nitrogens with zero attached hydrogens (tertiary/aromatic N) is 4. The third-order valence-electron chi connectivity index (χ3n) is 6.87. The zero-order chi connectivity index (χ0) is 22.3. The number of likely N-dealkylation sites (tertiary alicyclic amines) is 1. The van der Waals surface area contributed by atoms with Crippen LogP contribution >= 0.6 is 0 Å². The van der Waals surface area contributed by atoms with Gasteiger partial charge in [0.2, 0.25) is 5.91 Å². The molecule has 0 aromatic carbocycles. The summed E-state index contributed by atoms with van der Waals surface area (Å²) < 4.78 is 15.4. The molecule has 2 N–H and O–H groups in total. The molecule has 3 fully saturated rings. The van der Waals surface area contributed by atoms with E-state index in [-0.39, 0.29) is 11.8 Å². The lowest BCUT2D eigenvalue weighted by Crippen LogP contribution is -2.53. The first kappa shape index (κ1) is 20.9. The average molecular weight is 437 g/mol. The molecule has 3 aliphatic rings. The molecule has 7 nitrogen and oxygen atoms in total. The maximum atomic E-state index is 15.4. The van der Waals surface area contributed by atoms with Crippen molar-refractivity contribution in [3.05, 3.63) is 29.7 Å². The average Bonchev–Trinajstić information content (AvgIpc) is 3.75. The Morgan fingerprint density at radius 1 is 1.41 bits per heavy atom. The Morgan fingerprint density at radius 2 is 2.16 bits per heavy atom. The number of carbonyl (C=O) groups excluding carboxylic acids is 1. The molecule has 1 unspecified atom stereocenters. The number of alkyl halides is 1. The van der Waals surface area contributed by atoms with Crippen LogP contribution in [0.4, 0.5) is 4.39 Å². The largest absolute Gasteiger partial charge is 0.371 e. The Hall–Kier alpha value is -2.95. The lowest BCUT2D eigenvalue weighted by atomic mass is 9.97. The van der Waals surface area contributed by atoms with E-state index in [1.165, 1.54) is 0 Å². The summed E-state index contributed by atoms with van der Waals surface area (Å²) in [6.45, 7) is 3.02. The van der Waals surface area contributed by atoms with E-state index in [0.29, 0.717) is 50.3 Å². The van der Waals surface area contributed by atoms with Crippen LogP contribution in [0.3, 0.4) is 0 Å². The quantitative estimate of drug-likeness (QED) is 0.688. The van der Waals surface area contributed by atoms with Gasteiger partial charge < -0.3 is 15.2 Å². The number of piperidine rings is 1. The van der Waals surface area contributed by atoms with Crippen molar-refractivity contribution in [3.8, 4) is 6.07 Å². The second kappa shape index (κ2) is 8.19. The molecule has 1 aliphatic heterocycles. The van der Waals surface area contributed by atoms with Gasteiger partial charge >= 0.3 is 0 Å². The summed E-state index contributed by atoms with van der Waals surface area (Å²) in [7, 11) is 0. The van der Waals surface area contributed by atoms with Gasteiger partial charge in [0.05, 0.1) is 18.0 Å². The number of hydrogen-bond acceptors (Lipinski definition) is 5. The molecule has 168 valence electrons. The maximum Gasteiger partial charge on any atom is 0.248 e. The number of amides is 1. The number of halogens is 1. The van der Waals surface area contributed by atoms with Crippen LogP contribution in [0.1, 0.15) is 69.0 Å². The van der Waals surface area contributed by atoms with Crippen LogP contribution in [0.2, 0.25) is 0 Å². The molecule has 5 rings (SSSR count). The van der Waals surface area contributed by atoms with E-state index in [2.05, 4.69) is 21.4 Å². The highest BCUT2D eigenvalue weighted by Gasteiger charge is 2.55. The topological polar surface area (TPSA) is 97.7 Å². The first-order valence-electron chi connectivity index (χ1n) is 11.7. The van der Waals surface area contributed by atoms with Crippen molar-refractivity contribution >= 4 is 22.8 Å². The van der Waals surface area contributed by atoms with Gasteiger partial charge in [-0.05, 0) is 44.9 Å². The van der Waals surface area contributed by atoms with Crippen molar-refractivity contribution in [3.63, 3.8) is 0 Å². The molecule has 0 spiro atoms. The minimum absolute atomic E-state index is 0.0215. The Labute approximate surface area is 187 Å². The molecular weight excluding hydrogens is 407 g/mol. The van der Waals surface area contributed by atoms with Crippen molar-refractivity contribution in [1.82, 2.24) is 25.2 Å². The number of nitrogens with one attached hydrogen (secondary N) is 2. The molecule has 2 aliphatic carbocycles. The second-order valence-electron chi connectivity index (χ2n) is 9.34. The molecule has 32 heavy (non-hydrogen) atoms. The third-order valence-corrected chi connectivity index (χ3v) is 6.87. The summed E-state index contributed by atoms with van der Waals surface area (Å²) in [6.07, 6.45) is 10.7. The van der Waals surface area contributed by atoms with Gasteiger partial charge in [0, 0.05) is 42.4 Å². The van der Waals surface area contributed by atoms with Crippen molar-refractivity contribution in [2.45, 2.75) is 69.5 Å². The summed E-state index contributed by atoms with van der Waals surface area (Å²) >= 11 is 0. The van der Waals surface area contributed by atoms with Gasteiger partial charge in [0.15, 0.2) is 5.65 Å². The smallest absolute Gasteiger partial charge is 0.248 e. The summed E-state index contributed by atoms with van der Waals surface area (Å²) in [5.74, 6) is 0.243. The van der Waals surface area contributed by atoms with Crippen LogP contribution in [0.15, 0.2) is 18.5 Å². The van der Waals surface area contributed by atoms with Gasteiger partial charge in [-0.15, -0.1) is 0 Å². The maximum absolute atomic E-state index is 15.4. The minimum atomic E-state index is -1.53. The van der Waals surface area contributed by atoms with E-state index < -0.39 is 11.7 Å². The first-order chi connectivity index (χ1) is 15.5. The Balaban J connectivity index is 1.42. The molecule has 0 radical (unpaired) electrons. The number of nitriles is 1. The van der Waals surface area contributed by atoms with Gasteiger partial charge in [0.1, 0.15) is 17.2 Å². The number of allylic oxidation sites excluding steroid dienone is 1. The predicted molar refractivity (Wildman–Crippen MR) is 119 cm³/mol. The Bertz CT molecular complexity index is 1090. The van der Waals surface area contributed by atoms with E-state index in [1.54, 1.807) is 4.90 Å². The number of aromatic nitrogens is 3. The van der Waals surface area contributed by atoms with Crippen LogP contribution in [0.5, 0.6) is 0 Å². The number of aromatic amines is 1. The van der Waals surface area contributed by atoms with E-state index in [9.17, 15) is 4.79 Å². The predicted octanol–water partition coefficient (Wildman–Crippen LogP) is 3.81. The Kier molecular flexibility index (Phi) is 5.36. The fraction of sp³-hybridized carbons (Fsp3) is 0.583. The fourth-order valence-corrected chi connectivity index (χ4v) is 4.52. The summed E-state index contributed by atoms with van der Waals surface area (Å²) in [5, 5.41) is 12.4. The van der Waals surface area contributed by atoms with E-state index >= 15 is 4.39 Å². The molecule has 2 saturated carbocycles. The fourth-order valence-electron chi connectivity index (χ4n) is 4.52. The van der Waals surface area contributed by atoms with E-state index in [0.717, 1.165) is 41.7 Å². The molecule has 8 heteroatoms. The number of fused-ring (bicyclic) bond motifs is 1. The molecular formula is C24H29FN6O. The highest BCUT2D eigenvalue weighted by atomic mass is 19.1. The molecule has 1 saturated heterocycles. The van der Waals surface area contributed by atoms with Crippen LogP contribution in [0.25, 0.3) is 16.9 Å². The van der Waals surface area contributed by atoms with E-state index in [1.807, 2.05) is 25.4 Å². The van der Waals surface area contributed by atoms with Gasteiger partial charge in [-0.25, -0.2) is 14.4 Å². The monoisotopic (exact) mass is 436 g/mol. The van der Waals surface area contributed by atoms with Crippen LogP contribution in [0, 0.1) is 17.2 Å². The number of hydrogen-bond donors (Lipinski definition) is 2. The lowest BCUT2D eigenvalue weighted by Gasteiger charge is -2.34. The van der Waals surface area contributed by atoms with Crippen molar-refractivity contribution < 1.29 is 9.18 Å². The van der Waals surface area contributed by atoms with Crippen LogP contribution in [-0.2, 0) is 4.79 Å². The molecule has 3 heterocycles. The summed E-state index contributed by atoms with van der Waals surface area (Å²) in [4.78, 5) is 27.6. The summed E-state index contributed by atoms with van der Waals surface area (Å²) in [6, 6.07) is 1.34. The number of rotatable bonds is 7. The number of carbonyl (C=O) groups is 1. The highest BCUT2D eigenvalue weighted by molar-refractivity contribution is 5.90. The number of H-pyrrole nitrogens is 1. The zero-order valence-corrected chi connectivity index (χ0v) is 18.4. The van der Waals surface area contributed by atoms with Gasteiger partial charge in [-0.2, -0.15) is 5.26 Å². The van der Waals surface area contributed by atoms with Crippen LogP contribution < -0.4 is 5.32 Å². The first-order valence-corrected chi connectivity index (χ1v) is 11.7. The minimum Gasteiger partial charge on any atom is -0.371 e. The van der Waals surface area contributed by atoms with Gasteiger partial charge in [-0.1, -0.05) is 13.0 Å². The van der Waals surface area contributed by atoms with Crippen LogP contribution in [-0.4, -0.2) is 50.6 Å². The van der Waals surface area contributed by atoms with Gasteiger partial charge in [0.25, 0.3) is 0 Å². The molecule has 1 atom stereocenters. The standard InChI is InChI=1S/C24H29FN6O/c1-2-3-18(17-13-27-22-20(17)29-19(14-28-22)16-4-5-16)30-21(24(25)8-9-24)23(32)31-10-6-15(12-26)7-11-31/h3,13-16,21,30H,2,4-11H2,1H3,(H,27,28)/b18-3+. The van der Waals surface area contributed by atoms with Gasteiger partial charge in [-0.3, -0.25) is 4.79 Å². The molecule has 2 aromatic rings. The highest BCUT2D eigenvalue weighted by Crippen LogP contribution is 2.45. The van der Waals surface area contributed by atoms with Crippen molar-refractivity contribution in [2.24, 2.45) is 5.92 Å². The third kappa shape index (κ3) is 3.96. The SMILES string of the molecule is CC/C=C(/NC(C(=O)N1CCC(C#N)CC1)C1(F)CC1)c1c[nH]c2ncc(C3CC3)nc12. The van der Waals surface area contributed by atoms with Crippen molar-refractivity contribution in [1.29, 1.82) is 5.26 Å². The molecule has 1 amide bonds. The Morgan fingerprint density at radius 3 is 2.78 bits per heavy atom. The lowest BCUT2D eigenvalue weighted by molar-refractivity contribution is -0.136.